The van der Waals surface area contributed by atoms with E-state index in [1.807, 2.05) is 0 Å². The van der Waals surface area contributed by atoms with E-state index in [-0.39, 0.29) is 5.91 Å². The molecule has 0 bridgehead atoms. The topological polar surface area (TPSA) is 66.8 Å². The molecular weight excluding hydrogens is 194 g/mol. The minimum atomic E-state index is -1.33. The minimum absolute atomic E-state index is 0.0729. The van der Waals surface area contributed by atoms with Gasteiger partial charge >= 0.3 is 6.16 Å². The van der Waals surface area contributed by atoms with Crippen LogP contribution in [0.4, 0.5) is 4.79 Å². The summed E-state index contributed by atoms with van der Waals surface area (Å²) in [6, 6.07) is 0. The van der Waals surface area contributed by atoms with Gasteiger partial charge in [-0.05, 0) is 0 Å². The fourth-order valence-electron chi connectivity index (χ4n) is 1.07. The SMILES string of the molecule is CCC(=O)N1CSCC1OC(=O)O. The number of nitrogens with zero attached hydrogens (tertiary/aromatic N) is 1. The summed E-state index contributed by atoms with van der Waals surface area (Å²) >= 11 is 1.49. The summed E-state index contributed by atoms with van der Waals surface area (Å²) in [5, 5.41) is 8.38. The molecule has 1 heterocycles. The predicted molar refractivity (Wildman–Crippen MR) is 47.4 cm³/mol. The Hall–Kier alpha value is -0.910. The van der Waals surface area contributed by atoms with Crippen LogP contribution in [0.1, 0.15) is 13.3 Å². The lowest BCUT2D eigenvalue weighted by atomic mass is 10.4. The maximum absolute atomic E-state index is 11.2. The third kappa shape index (κ3) is 2.51. The van der Waals surface area contributed by atoms with E-state index >= 15 is 0 Å². The third-order valence-electron chi connectivity index (χ3n) is 1.70. The number of hydrogen-bond acceptors (Lipinski definition) is 4. The normalized spacial score (nSPS) is 21.6. The molecule has 13 heavy (non-hydrogen) atoms. The van der Waals surface area contributed by atoms with Crippen molar-refractivity contribution in [3.63, 3.8) is 0 Å². The molecule has 6 heteroatoms. The van der Waals surface area contributed by atoms with Crippen LogP contribution in [0.25, 0.3) is 0 Å². The van der Waals surface area contributed by atoms with Crippen molar-refractivity contribution in [2.45, 2.75) is 19.6 Å². The van der Waals surface area contributed by atoms with Crippen molar-refractivity contribution in [2.24, 2.45) is 0 Å². The van der Waals surface area contributed by atoms with E-state index in [2.05, 4.69) is 4.74 Å². The zero-order valence-corrected chi connectivity index (χ0v) is 8.04. The van der Waals surface area contributed by atoms with Crippen molar-refractivity contribution < 1.29 is 19.4 Å². The molecule has 0 spiro atoms. The van der Waals surface area contributed by atoms with Crippen LogP contribution in [0.2, 0.25) is 0 Å². The summed E-state index contributed by atoms with van der Waals surface area (Å²) in [6.45, 7) is 1.74. The van der Waals surface area contributed by atoms with Crippen LogP contribution in [0.15, 0.2) is 0 Å². The van der Waals surface area contributed by atoms with Gasteiger partial charge < -0.3 is 9.84 Å². The lowest BCUT2D eigenvalue weighted by molar-refractivity contribution is -0.137. The molecule has 1 saturated heterocycles. The Morgan fingerprint density at radius 1 is 1.69 bits per heavy atom. The number of carbonyl (C=O) groups excluding carboxylic acids is 1. The summed E-state index contributed by atoms with van der Waals surface area (Å²) in [4.78, 5) is 22.9. The maximum Gasteiger partial charge on any atom is 0.507 e. The molecule has 1 aliphatic rings. The fourth-order valence-corrected chi connectivity index (χ4v) is 2.14. The van der Waals surface area contributed by atoms with Gasteiger partial charge in [0.25, 0.3) is 0 Å². The number of ether oxygens (including phenoxy) is 1. The molecule has 1 amide bonds. The highest BCUT2D eigenvalue weighted by Crippen LogP contribution is 2.22. The molecule has 1 fully saturated rings. The minimum Gasteiger partial charge on any atom is -0.450 e. The van der Waals surface area contributed by atoms with Crippen molar-refractivity contribution in [1.82, 2.24) is 4.90 Å². The van der Waals surface area contributed by atoms with Gasteiger partial charge in [0, 0.05) is 6.42 Å². The number of carboxylic acid groups (broad SMARTS) is 1. The number of rotatable bonds is 2. The van der Waals surface area contributed by atoms with Crippen LogP contribution in [0.5, 0.6) is 0 Å². The van der Waals surface area contributed by atoms with Crippen LogP contribution in [-0.4, -0.2) is 39.9 Å². The first-order valence-electron chi connectivity index (χ1n) is 3.92. The highest BCUT2D eigenvalue weighted by atomic mass is 32.2. The number of amides is 1. The van der Waals surface area contributed by atoms with Gasteiger partial charge in [-0.1, -0.05) is 6.92 Å². The fraction of sp³-hybridized carbons (Fsp3) is 0.714. The standard InChI is InChI=1S/C7H11NO4S/c1-2-5(9)8-4-13-3-6(8)12-7(10)11/h6H,2-4H2,1H3,(H,10,11). The molecule has 0 saturated carbocycles. The predicted octanol–water partition coefficient (Wildman–Crippen LogP) is 0.950. The van der Waals surface area contributed by atoms with Gasteiger partial charge in [0.2, 0.25) is 5.91 Å². The van der Waals surface area contributed by atoms with Crippen LogP contribution in [0, 0.1) is 0 Å². The average Bonchev–Trinajstić information content (AvgIpc) is 2.50. The Labute approximate surface area is 80.0 Å². The summed E-state index contributed by atoms with van der Waals surface area (Å²) in [7, 11) is 0. The largest absolute Gasteiger partial charge is 0.507 e. The van der Waals surface area contributed by atoms with Gasteiger partial charge in [-0.25, -0.2) is 4.79 Å². The molecule has 1 N–H and O–H groups in total. The summed E-state index contributed by atoms with van der Waals surface area (Å²) in [5.74, 6) is 0.971. The third-order valence-corrected chi connectivity index (χ3v) is 2.68. The Morgan fingerprint density at radius 3 is 2.92 bits per heavy atom. The van der Waals surface area contributed by atoms with Crippen molar-refractivity contribution in [1.29, 1.82) is 0 Å². The van der Waals surface area contributed by atoms with Crippen LogP contribution < -0.4 is 0 Å². The van der Waals surface area contributed by atoms with E-state index in [0.29, 0.717) is 18.1 Å². The molecule has 1 rings (SSSR count). The molecule has 1 atom stereocenters. The first-order chi connectivity index (χ1) is 6.15. The second-order valence-electron chi connectivity index (χ2n) is 2.56. The second-order valence-corrected chi connectivity index (χ2v) is 3.56. The number of hydrogen-bond donors (Lipinski definition) is 1. The van der Waals surface area contributed by atoms with Crippen molar-refractivity contribution in [2.75, 3.05) is 11.6 Å². The Balaban J connectivity index is 2.53. The van der Waals surface area contributed by atoms with Crippen LogP contribution in [-0.2, 0) is 9.53 Å². The van der Waals surface area contributed by atoms with Crippen molar-refractivity contribution in [3.8, 4) is 0 Å². The van der Waals surface area contributed by atoms with Gasteiger partial charge in [0.15, 0.2) is 6.23 Å². The van der Waals surface area contributed by atoms with Crippen molar-refractivity contribution >= 4 is 23.8 Å². The average molecular weight is 205 g/mol. The molecule has 1 aliphatic heterocycles. The van der Waals surface area contributed by atoms with Gasteiger partial charge in [-0.15, -0.1) is 11.8 Å². The Morgan fingerprint density at radius 2 is 2.38 bits per heavy atom. The van der Waals surface area contributed by atoms with Gasteiger partial charge in [0.1, 0.15) is 0 Å². The molecule has 0 aromatic rings. The molecule has 0 aromatic carbocycles. The Kier molecular flexibility index (Phi) is 3.41. The zero-order valence-electron chi connectivity index (χ0n) is 7.23. The Bertz CT molecular complexity index is 221. The highest BCUT2D eigenvalue weighted by Gasteiger charge is 2.31. The first-order valence-corrected chi connectivity index (χ1v) is 5.07. The lowest BCUT2D eigenvalue weighted by Gasteiger charge is -2.21. The van der Waals surface area contributed by atoms with E-state index < -0.39 is 12.4 Å². The second kappa shape index (κ2) is 4.36. The molecule has 74 valence electrons. The smallest absolute Gasteiger partial charge is 0.450 e. The van der Waals surface area contributed by atoms with E-state index in [9.17, 15) is 9.59 Å². The lowest BCUT2D eigenvalue weighted by Crippen LogP contribution is -2.38. The highest BCUT2D eigenvalue weighted by molar-refractivity contribution is 7.99. The maximum atomic E-state index is 11.2. The summed E-state index contributed by atoms with van der Waals surface area (Å²) < 4.78 is 4.55. The molecule has 0 aromatic heterocycles. The quantitative estimate of drug-likeness (QED) is 0.680. The van der Waals surface area contributed by atoms with Crippen LogP contribution in [0.3, 0.4) is 0 Å². The molecule has 1 unspecified atom stereocenters. The van der Waals surface area contributed by atoms with Gasteiger partial charge in [-0.3, -0.25) is 9.69 Å². The zero-order chi connectivity index (χ0) is 9.84. The first kappa shape index (κ1) is 10.2. The van der Waals surface area contributed by atoms with Gasteiger partial charge in [-0.2, -0.15) is 0 Å². The molecule has 0 aliphatic carbocycles. The summed E-state index contributed by atoms with van der Waals surface area (Å²) in [6.07, 6.45) is -1.56. The van der Waals surface area contributed by atoms with Gasteiger partial charge in [0.05, 0.1) is 11.6 Å². The summed E-state index contributed by atoms with van der Waals surface area (Å²) in [5.41, 5.74) is 0. The van der Waals surface area contributed by atoms with Crippen LogP contribution >= 0.6 is 11.8 Å². The molecular formula is C7H11NO4S. The molecule has 5 nitrogen and oxygen atoms in total. The number of carbonyl (C=O) groups is 2. The monoisotopic (exact) mass is 205 g/mol. The number of thioether (sulfide) groups is 1. The molecule has 0 radical (unpaired) electrons. The van der Waals surface area contributed by atoms with E-state index in [0.717, 1.165) is 0 Å². The van der Waals surface area contributed by atoms with E-state index in [4.69, 9.17) is 5.11 Å². The van der Waals surface area contributed by atoms with E-state index in [1.165, 1.54) is 16.7 Å². The van der Waals surface area contributed by atoms with Crippen molar-refractivity contribution in [3.05, 3.63) is 0 Å². The van der Waals surface area contributed by atoms with E-state index in [1.54, 1.807) is 6.92 Å².